The highest BCUT2D eigenvalue weighted by atomic mass is 19.4. The zero-order valence-electron chi connectivity index (χ0n) is 25.4. The lowest BCUT2D eigenvalue weighted by Crippen LogP contribution is -2.37. The Labute approximate surface area is 263 Å². The quantitative estimate of drug-likeness (QED) is 0.152. The third-order valence-corrected chi connectivity index (χ3v) is 8.72. The summed E-state index contributed by atoms with van der Waals surface area (Å²) in [7, 11) is 0. The van der Waals surface area contributed by atoms with E-state index in [4.69, 9.17) is 14.2 Å². The van der Waals surface area contributed by atoms with E-state index in [9.17, 15) is 26.3 Å². The summed E-state index contributed by atoms with van der Waals surface area (Å²) < 4.78 is 116. The van der Waals surface area contributed by atoms with E-state index < -0.39 is 47.8 Å². The summed E-state index contributed by atoms with van der Waals surface area (Å²) in [6, 6.07) is 14.3. The lowest BCUT2D eigenvalue weighted by Gasteiger charge is -2.33. The molecule has 1 heterocycles. The van der Waals surface area contributed by atoms with E-state index in [1.54, 1.807) is 6.07 Å². The summed E-state index contributed by atoms with van der Waals surface area (Å²) in [6.45, 7) is 3.50. The Morgan fingerprint density at radius 1 is 0.739 bits per heavy atom. The van der Waals surface area contributed by atoms with Crippen LogP contribution in [0, 0.1) is 23.5 Å². The van der Waals surface area contributed by atoms with Crippen LogP contribution in [0.15, 0.2) is 60.7 Å². The molecule has 0 spiro atoms. The van der Waals surface area contributed by atoms with Gasteiger partial charge in [0.25, 0.3) is 0 Å². The smallest absolute Gasteiger partial charge is 0.432 e. The first kappa shape index (κ1) is 34.0. The van der Waals surface area contributed by atoms with Crippen LogP contribution in [-0.4, -0.2) is 25.7 Å². The molecule has 0 unspecified atom stereocenters. The molecule has 0 amide bonds. The molecular weight excluding hydrogens is 617 g/mol. The number of halogens is 7. The van der Waals surface area contributed by atoms with Crippen LogP contribution in [0.1, 0.15) is 81.6 Å². The summed E-state index contributed by atoms with van der Waals surface area (Å²) in [4.78, 5) is 0. The summed E-state index contributed by atoms with van der Waals surface area (Å²) in [5.74, 6) is -4.78. The number of hydrogen-bond donors (Lipinski definition) is 0. The summed E-state index contributed by atoms with van der Waals surface area (Å²) >= 11 is 0. The minimum absolute atomic E-state index is 0.0167. The Balaban J connectivity index is 1.14. The number of alkyl halides is 5. The Morgan fingerprint density at radius 2 is 1.41 bits per heavy atom. The van der Waals surface area contributed by atoms with Crippen LogP contribution >= 0.6 is 0 Å². The van der Waals surface area contributed by atoms with Crippen molar-refractivity contribution >= 4 is 0 Å². The molecule has 1 saturated carbocycles. The van der Waals surface area contributed by atoms with E-state index in [1.807, 2.05) is 30.3 Å². The van der Waals surface area contributed by atoms with Crippen molar-refractivity contribution in [2.75, 3.05) is 13.2 Å². The van der Waals surface area contributed by atoms with E-state index in [-0.39, 0.29) is 31.6 Å². The Bertz CT molecular complexity index is 1430. The fraction of sp³-hybridized carbons (Fsp3) is 0.486. The Hall–Kier alpha value is -3.31. The normalized spacial score (nSPS) is 22.4. The number of benzene rings is 3. The average molecular weight is 655 g/mol. The number of hydrogen-bond acceptors (Lipinski definition) is 4. The van der Waals surface area contributed by atoms with Crippen LogP contribution in [-0.2, 0) is 9.47 Å². The van der Waals surface area contributed by atoms with Gasteiger partial charge in [-0.3, -0.25) is 0 Å². The van der Waals surface area contributed by atoms with Gasteiger partial charge in [0.15, 0.2) is 17.9 Å². The molecule has 0 N–H and O–H groups in total. The maximum atomic E-state index is 15.3. The van der Waals surface area contributed by atoms with E-state index in [0.29, 0.717) is 42.4 Å². The van der Waals surface area contributed by atoms with Gasteiger partial charge in [0.2, 0.25) is 0 Å². The first-order valence-corrected chi connectivity index (χ1v) is 15.7. The number of unbranched alkanes of at least 4 members (excludes halogenated alkanes) is 2. The van der Waals surface area contributed by atoms with Gasteiger partial charge < -0.3 is 18.9 Å². The van der Waals surface area contributed by atoms with Crippen molar-refractivity contribution in [1.29, 1.82) is 0 Å². The Kier molecular flexibility index (Phi) is 10.8. The molecule has 1 aliphatic heterocycles. The molecule has 11 heteroatoms. The molecule has 0 radical (unpaired) electrons. The third kappa shape index (κ3) is 8.73. The van der Waals surface area contributed by atoms with Crippen LogP contribution in [0.4, 0.5) is 30.7 Å². The van der Waals surface area contributed by atoms with Gasteiger partial charge in [0.05, 0.1) is 19.1 Å². The zero-order chi connectivity index (χ0) is 32.9. The van der Waals surface area contributed by atoms with Crippen LogP contribution < -0.4 is 9.47 Å². The van der Waals surface area contributed by atoms with Gasteiger partial charge in [-0.15, -0.1) is 13.2 Å². The maximum Gasteiger partial charge on any atom is 0.573 e. The molecule has 46 heavy (non-hydrogen) atoms. The minimum atomic E-state index is -5.13. The van der Waals surface area contributed by atoms with Crippen LogP contribution in [0.5, 0.6) is 11.5 Å². The monoisotopic (exact) mass is 654 g/mol. The van der Waals surface area contributed by atoms with Crippen molar-refractivity contribution in [3.05, 3.63) is 83.4 Å². The second-order valence-electron chi connectivity index (χ2n) is 12.1. The van der Waals surface area contributed by atoms with Crippen LogP contribution in [0.25, 0.3) is 11.1 Å². The lowest BCUT2D eigenvalue weighted by atomic mass is 9.77. The average Bonchev–Trinajstić information content (AvgIpc) is 3.02. The van der Waals surface area contributed by atoms with Gasteiger partial charge >= 0.3 is 12.5 Å². The summed E-state index contributed by atoms with van der Waals surface area (Å²) in [5, 5.41) is 0. The number of rotatable bonds is 11. The SMILES string of the molecule is CCCCCC1COC(c2ccc(-c3ccc(C4CCC(C(F)(F)Oc5ccc(OC(F)(F)F)c(F)c5)CC4)c(F)c3)cc2)OC1. The lowest BCUT2D eigenvalue weighted by molar-refractivity contribution is -0.275. The molecule has 250 valence electrons. The van der Waals surface area contributed by atoms with Crippen molar-refractivity contribution in [1.82, 2.24) is 0 Å². The molecule has 0 atom stereocenters. The predicted octanol–water partition coefficient (Wildman–Crippen LogP) is 10.7. The highest BCUT2D eigenvalue weighted by molar-refractivity contribution is 5.64. The molecule has 1 aliphatic carbocycles. The first-order valence-electron chi connectivity index (χ1n) is 15.7. The molecule has 3 aromatic carbocycles. The minimum Gasteiger partial charge on any atom is -0.432 e. The molecule has 0 aromatic heterocycles. The molecule has 4 nitrogen and oxygen atoms in total. The van der Waals surface area contributed by atoms with Crippen molar-refractivity contribution in [3.8, 4) is 22.6 Å². The zero-order valence-corrected chi connectivity index (χ0v) is 25.4. The van der Waals surface area contributed by atoms with Crippen molar-refractivity contribution in [2.24, 2.45) is 11.8 Å². The summed E-state index contributed by atoms with van der Waals surface area (Å²) in [6.07, 6.45) is -4.02. The molecule has 3 aromatic rings. The highest BCUT2D eigenvalue weighted by Crippen LogP contribution is 2.44. The van der Waals surface area contributed by atoms with Crippen molar-refractivity contribution < 1.29 is 49.7 Å². The van der Waals surface area contributed by atoms with E-state index in [2.05, 4.69) is 11.7 Å². The molecule has 0 bridgehead atoms. The predicted molar refractivity (Wildman–Crippen MR) is 157 cm³/mol. The van der Waals surface area contributed by atoms with E-state index in [1.165, 1.54) is 25.3 Å². The molecular formula is C35H37F7O4. The van der Waals surface area contributed by atoms with E-state index >= 15 is 4.39 Å². The second kappa shape index (κ2) is 14.6. The van der Waals surface area contributed by atoms with E-state index in [0.717, 1.165) is 23.6 Å². The fourth-order valence-electron chi connectivity index (χ4n) is 6.19. The number of ether oxygens (including phenoxy) is 4. The third-order valence-electron chi connectivity index (χ3n) is 8.72. The highest BCUT2D eigenvalue weighted by Gasteiger charge is 2.44. The van der Waals surface area contributed by atoms with Gasteiger partial charge in [-0.2, -0.15) is 8.78 Å². The van der Waals surface area contributed by atoms with Crippen LogP contribution in [0.2, 0.25) is 0 Å². The van der Waals surface area contributed by atoms with Crippen LogP contribution in [0.3, 0.4) is 0 Å². The molecule has 2 fully saturated rings. The van der Waals surface area contributed by atoms with Gasteiger partial charge in [-0.1, -0.05) is 62.6 Å². The van der Waals surface area contributed by atoms with Gasteiger partial charge in [-0.05, 0) is 72.9 Å². The van der Waals surface area contributed by atoms with Gasteiger partial charge in [-0.25, -0.2) is 8.78 Å². The van der Waals surface area contributed by atoms with Crippen molar-refractivity contribution in [2.45, 2.75) is 83.0 Å². The molecule has 2 aliphatic rings. The standard InChI is InChI=1S/C35H37F7O4/c1-2-3-4-5-22-20-43-33(44-21-22)25-8-6-23(7-9-25)26-12-16-29(30(36)18-26)24-10-13-27(14-11-24)34(38,39)45-28-15-17-32(31(37)19-28)46-35(40,41)42/h6-9,12,15-19,22,24,27,33H,2-5,10-11,13-14,20-21H2,1H3. The maximum absolute atomic E-state index is 15.3. The van der Waals surface area contributed by atoms with Gasteiger partial charge in [0, 0.05) is 17.5 Å². The molecule has 5 rings (SSSR count). The van der Waals surface area contributed by atoms with Gasteiger partial charge in [0.1, 0.15) is 11.6 Å². The molecule has 1 saturated heterocycles. The second-order valence-corrected chi connectivity index (χ2v) is 12.1. The largest absolute Gasteiger partial charge is 0.573 e. The first-order chi connectivity index (χ1) is 21.9. The summed E-state index contributed by atoms with van der Waals surface area (Å²) in [5.41, 5.74) is 2.84. The fourth-order valence-corrected chi connectivity index (χ4v) is 6.19. The topological polar surface area (TPSA) is 36.9 Å². The Morgan fingerprint density at radius 3 is 2.02 bits per heavy atom. The van der Waals surface area contributed by atoms with Crippen molar-refractivity contribution in [3.63, 3.8) is 0 Å².